The molecule has 118 valence electrons. The second kappa shape index (κ2) is 6.46. The number of benzene rings is 1. The molecule has 0 saturated heterocycles. The fourth-order valence-electron chi connectivity index (χ4n) is 3.12. The smallest absolute Gasteiger partial charge is 0.262 e. The van der Waals surface area contributed by atoms with Crippen molar-refractivity contribution in [2.75, 3.05) is 5.32 Å². The summed E-state index contributed by atoms with van der Waals surface area (Å²) in [5.74, 6) is 0.912. The van der Waals surface area contributed by atoms with Crippen LogP contribution in [0.2, 0.25) is 0 Å². The van der Waals surface area contributed by atoms with E-state index < -0.39 is 0 Å². The number of carbonyl (C=O) groups excluding carboxylic acids is 1. The molecule has 1 N–H and O–H groups in total. The molecule has 1 amide bonds. The molecule has 4 rings (SSSR count). The molecule has 0 saturated carbocycles. The number of fused-ring (bicyclic) bond motifs is 3. The Hall–Kier alpha value is -1.04. The van der Waals surface area contributed by atoms with Crippen LogP contribution >= 0.6 is 39.0 Å². The highest BCUT2D eigenvalue weighted by atomic mass is 79.9. The summed E-state index contributed by atoms with van der Waals surface area (Å²) in [6.07, 6.45) is 7.12. The minimum atomic E-state index is -0.0149. The summed E-state index contributed by atoms with van der Waals surface area (Å²) in [7, 11) is 0. The molecule has 0 radical (unpaired) electrons. The van der Waals surface area contributed by atoms with Gasteiger partial charge in [-0.2, -0.15) is 0 Å². The van der Waals surface area contributed by atoms with Crippen molar-refractivity contribution in [1.82, 2.24) is 0 Å². The van der Waals surface area contributed by atoms with Crippen molar-refractivity contribution in [3.8, 4) is 0 Å². The van der Waals surface area contributed by atoms with E-state index in [4.69, 9.17) is 0 Å². The molecule has 23 heavy (non-hydrogen) atoms. The number of para-hydroxylation sites is 1. The maximum Gasteiger partial charge on any atom is 0.262 e. The number of rotatable bonds is 2. The van der Waals surface area contributed by atoms with Crippen molar-refractivity contribution >= 4 is 56.7 Å². The van der Waals surface area contributed by atoms with Crippen LogP contribution in [0.15, 0.2) is 33.6 Å². The third kappa shape index (κ3) is 3.02. The molecule has 1 aromatic carbocycles. The number of nitrogens with one attached hydrogen (secondary N) is 1. The van der Waals surface area contributed by atoms with Crippen LogP contribution in [0.3, 0.4) is 0 Å². The van der Waals surface area contributed by atoms with Gasteiger partial charge in [-0.3, -0.25) is 4.79 Å². The molecule has 0 fully saturated rings. The number of anilines is 1. The van der Waals surface area contributed by atoms with Crippen LogP contribution in [0.1, 0.15) is 33.7 Å². The third-order valence-corrected chi connectivity index (χ3v) is 7.31. The number of thioether (sulfide) groups is 1. The summed E-state index contributed by atoms with van der Waals surface area (Å²) < 4.78 is 0.905. The van der Waals surface area contributed by atoms with Crippen LogP contribution in [-0.4, -0.2) is 5.91 Å². The Labute approximate surface area is 152 Å². The van der Waals surface area contributed by atoms with Gasteiger partial charge in [-0.1, -0.05) is 12.1 Å². The fourth-order valence-corrected chi connectivity index (χ4v) is 6.03. The van der Waals surface area contributed by atoms with E-state index in [-0.39, 0.29) is 5.91 Å². The molecule has 0 unspecified atom stereocenters. The predicted molar refractivity (Wildman–Crippen MR) is 103 cm³/mol. The van der Waals surface area contributed by atoms with Crippen molar-refractivity contribution in [3.63, 3.8) is 0 Å². The zero-order valence-corrected chi connectivity index (χ0v) is 15.7. The monoisotopic (exact) mass is 405 g/mol. The standard InChI is InChI=1S/C18H16BrNOS2/c19-13-6-2-3-7-14(13)20-18(21)17-9-16-12(10-22-17)11-5-1-4-8-15(11)23-16/h2-3,6-7,9H,1,4-5,8,10H2,(H,20,21). The van der Waals surface area contributed by atoms with Gasteiger partial charge in [0.1, 0.15) is 0 Å². The quantitative estimate of drug-likeness (QED) is 0.702. The Morgan fingerprint density at radius 1 is 1.13 bits per heavy atom. The van der Waals surface area contributed by atoms with E-state index >= 15 is 0 Å². The highest BCUT2D eigenvalue weighted by Gasteiger charge is 2.25. The van der Waals surface area contributed by atoms with Gasteiger partial charge >= 0.3 is 0 Å². The highest BCUT2D eigenvalue weighted by molar-refractivity contribution is 9.10. The minimum Gasteiger partial charge on any atom is -0.320 e. The van der Waals surface area contributed by atoms with E-state index in [9.17, 15) is 4.79 Å². The van der Waals surface area contributed by atoms with E-state index in [2.05, 4.69) is 27.3 Å². The third-order valence-electron chi connectivity index (χ3n) is 4.29. The largest absolute Gasteiger partial charge is 0.320 e. The number of carbonyl (C=O) groups is 1. The average Bonchev–Trinajstić information content (AvgIpc) is 2.94. The number of thiophene rings is 1. The van der Waals surface area contributed by atoms with Crippen LogP contribution in [0.25, 0.3) is 6.08 Å². The lowest BCUT2D eigenvalue weighted by atomic mass is 9.95. The first-order chi connectivity index (χ1) is 11.2. The summed E-state index contributed by atoms with van der Waals surface area (Å²) in [4.78, 5) is 16.2. The Balaban J connectivity index is 1.59. The molecular formula is C18H16BrNOS2. The first kappa shape index (κ1) is 15.5. The average molecular weight is 406 g/mol. The van der Waals surface area contributed by atoms with E-state index in [0.29, 0.717) is 0 Å². The van der Waals surface area contributed by atoms with Crippen molar-refractivity contribution in [2.24, 2.45) is 0 Å². The summed E-state index contributed by atoms with van der Waals surface area (Å²) >= 11 is 7.02. The van der Waals surface area contributed by atoms with Gasteiger partial charge in [0.15, 0.2) is 0 Å². The zero-order valence-electron chi connectivity index (χ0n) is 12.5. The maximum absolute atomic E-state index is 12.6. The van der Waals surface area contributed by atoms with E-state index in [1.165, 1.54) is 36.1 Å². The Morgan fingerprint density at radius 3 is 2.83 bits per heavy atom. The van der Waals surface area contributed by atoms with Crippen LogP contribution in [0.4, 0.5) is 5.69 Å². The molecule has 0 atom stereocenters. The van der Waals surface area contributed by atoms with Crippen molar-refractivity contribution in [1.29, 1.82) is 0 Å². The molecule has 0 spiro atoms. The Kier molecular flexibility index (Phi) is 4.35. The lowest BCUT2D eigenvalue weighted by Crippen LogP contribution is -2.14. The van der Waals surface area contributed by atoms with Crippen LogP contribution in [0.5, 0.6) is 0 Å². The van der Waals surface area contributed by atoms with Gasteiger partial charge in [-0.05, 0) is 70.9 Å². The highest BCUT2D eigenvalue weighted by Crippen LogP contribution is 2.42. The van der Waals surface area contributed by atoms with Gasteiger partial charge in [0, 0.05) is 20.0 Å². The van der Waals surface area contributed by atoms with Crippen LogP contribution in [-0.2, 0) is 23.4 Å². The van der Waals surface area contributed by atoms with E-state index in [0.717, 1.165) is 20.8 Å². The SMILES string of the molecule is O=C(Nc1ccccc1Br)C1=Cc2sc3c(c2CS1)CCCC3. The first-order valence-corrected chi connectivity index (χ1v) is 10.4. The number of amides is 1. The maximum atomic E-state index is 12.6. The van der Waals surface area contributed by atoms with E-state index in [1.54, 1.807) is 22.2 Å². The van der Waals surface area contributed by atoms with Gasteiger partial charge < -0.3 is 5.32 Å². The summed E-state index contributed by atoms with van der Waals surface area (Å²) in [6.45, 7) is 0. The van der Waals surface area contributed by atoms with Crippen molar-refractivity contribution < 1.29 is 4.79 Å². The van der Waals surface area contributed by atoms with Gasteiger partial charge in [0.25, 0.3) is 5.91 Å². The molecule has 2 nitrogen and oxygen atoms in total. The van der Waals surface area contributed by atoms with E-state index in [1.807, 2.05) is 35.6 Å². The summed E-state index contributed by atoms with van der Waals surface area (Å²) in [5.41, 5.74) is 3.87. The first-order valence-electron chi connectivity index (χ1n) is 7.76. The normalized spacial score (nSPS) is 16.3. The molecule has 0 bridgehead atoms. The molecule has 2 heterocycles. The number of aryl methyl sites for hydroxylation is 1. The molecule has 1 aliphatic carbocycles. The van der Waals surface area contributed by atoms with Crippen LogP contribution in [0, 0.1) is 0 Å². The minimum absolute atomic E-state index is 0.0149. The van der Waals surface area contributed by atoms with Gasteiger partial charge in [-0.25, -0.2) is 0 Å². The van der Waals surface area contributed by atoms with Crippen molar-refractivity contribution in [2.45, 2.75) is 31.4 Å². The lowest BCUT2D eigenvalue weighted by Gasteiger charge is -2.16. The van der Waals surface area contributed by atoms with Crippen LogP contribution < -0.4 is 5.32 Å². The lowest BCUT2D eigenvalue weighted by molar-refractivity contribution is -0.112. The second-order valence-corrected chi connectivity index (χ2v) is 8.79. The fraction of sp³-hybridized carbons (Fsp3) is 0.278. The second-order valence-electron chi connectivity index (χ2n) is 5.78. The van der Waals surface area contributed by atoms with Crippen molar-refractivity contribution in [3.05, 3.63) is 54.5 Å². The molecular weight excluding hydrogens is 390 g/mol. The molecule has 2 aliphatic rings. The molecule has 2 aromatic rings. The Bertz CT molecular complexity index is 809. The molecule has 1 aliphatic heterocycles. The zero-order chi connectivity index (χ0) is 15.8. The van der Waals surface area contributed by atoms with Gasteiger partial charge in [-0.15, -0.1) is 23.1 Å². The molecule has 1 aromatic heterocycles. The molecule has 5 heteroatoms. The predicted octanol–water partition coefficient (Wildman–Crippen LogP) is 5.62. The number of hydrogen-bond donors (Lipinski definition) is 1. The Morgan fingerprint density at radius 2 is 1.96 bits per heavy atom. The number of hydrogen-bond acceptors (Lipinski definition) is 3. The van der Waals surface area contributed by atoms with Gasteiger partial charge in [0.2, 0.25) is 0 Å². The summed E-state index contributed by atoms with van der Waals surface area (Å²) in [6, 6.07) is 7.71. The summed E-state index contributed by atoms with van der Waals surface area (Å²) in [5, 5.41) is 3.00. The number of halogens is 1. The topological polar surface area (TPSA) is 29.1 Å². The van der Waals surface area contributed by atoms with Gasteiger partial charge in [0.05, 0.1) is 10.6 Å².